The quantitative estimate of drug-likeness (QED) is 0.421. The van der Waals surface area contributed by atoms with Gasteiger partial charge in [-0.05, 0) is 57.4 Å². The number of benzene rings is 2. The number of hydrogen-bond acceptors (Lipinski definition) is 7. The first-order valence-electron chi connectivity index (χ1n) is 14.2. The second kappa shape index (κ2) is 12.7. The molecule has 1 heterocycles. The zero-order valence-electron chi connectivity index (χ0n) is 24.5. The van der Waals surface area contributed by atoms with Crippen LogP contribution in [0.2, 0.25) is 0 Å². The van der Waals surface area contributed by atoms with Crippen LogP contribution >= 0.6 is 0 Å². The molecule has 2 aliphatic rings. The van der Waals surface area contributed by atoms with E-state index in [2.05, 4.69) is 10.3 Å². The van der Waals surface area contributed by atoms with Crippen LogP contribution in [0.5, 0.6) is 0 Å². The van der Waals surface area contributed by atoms with E-state index in [1.54, 1.807) is 45.0 Å². The highest BCUT2D eigenvalue weighted by molar-refractivity contribution is 6.09. The lowest BCUT2D eigenvalue weighted by Gasteiger charge is -2.23. The Labute approximate surface area is 241 Å². The van der Waals surface area contributed by atoms with Gasteiger partial charge in [-0.25, -0.2) is 14.6 Å². The Kier molecular flexibility index (Phi) is 9.28. The molecule has 2 aromatic carbocycles. The third-order valence-electron chi connectivity index (χ3n) is 6.84. The summed E-state index contributed by atoms with van der Waals surface area (Å²) in [4.78, 5) is 45.8. The van der Waals surface area contributed by atoms with E-state index >= 15 is 0 Å². The molecule has 218 valence electrons. The van der Waals surface area contributed by atoms with Gasteiger partial charge in [0.2, 0.25) is 5.91 Å². The van der Waals surface area contributed by atoms with Gasteiger partial charge in [0.15, 0.2) is 0 Å². The van der Waals surface area contributed by atoms with Crippen LogP contribution in [-0.2, 0) is 14.3 Å². The van der Waals surface area contributed by atoms with Crippen molar-refractivity contribution < 1.29 is 23.9 Å². The molecule has 1 unspecified atom stereocenters. The lowest BCUT2D eigenvalue weighted by atomic mass is 10.0. The van der Waals surface area contributed by atoms with Crippen molar-refractivity contribution in [1.82, 2.24) is 10.2 Å². The predicted octanol–water partition coefficient (Wildman–Crippen LogP) is 5.33. The number of amides is 2. The van der Waals surface area contributed by atoms with Crippen molar-refractivity contribution in [1.29, 1.82) is 0 Å². The lowest BCUT2D eigenvalue weighted by molar-refractivity contribution is -0.127. The molecule has 2 amide bonds. The third kappa shape index (κ3) is 7.61. The third-order valence-corrected chi connectivity index (χ3v) is 6.84. The molecular formula is C32H40N4O5. The highest BCUT2D eigenvalue weighted by Gasteiger charge is 2.52. The van der Waals surface area contributed by atoms with Crippen LogP contribution in [0.1, 0.15) is 81.3 Å². The Bertz CT molecular complexity index is 1340. The molecule has 0 saturated heterocycles. The van der Waals surface area contributed by atoms with Crippen LogP contribution in [0.25, 0.3) is 6.08 Å². The average Bonchev–Trinajstić information content (AvgIpc) is 3.59. The van der Waals surface area contributed by atoms with Crippen molar-refractivity contribution >= 4 is 35.6 Å². The zero-order chi connectivity index (χ0) is 29.7. The van der Waals surface area contributed by atoms with Crippen LogP contribution in [-0.4, -0.2) is 59.5 Å². The minimum absolute atomic E-state index is 0.0469. The Morgan fingerprint density at radius 1 is 1.05 bits per heavy atom. The first-order valence-corrected chi connectivity index (χ1v) is 14.2. The second-order valence-corrected chi connectivity index (χ2v) is 11.5. The highest BCUT2D eigenvalue weighted by atomic mass is 16.6. The Hall–Kier alpha value is -3.98. The van der Waals surface area contributed by atoms with Crippen molar-refractivity contribution in [2.24, 2.45) is 10.7 Å². The molecular weight excluding hydrogens is 520 g/mol. The number of carbonyl (C=O) groups excluding carboxylic acids is 3. The molecule has 3 atom stereocenters. The summed E-state index contributed by atoms with van der Waals surface area (Å²) in [5.41, 5.74) is 8.43. The summed E-state index contributed by atoms with van der Waals surface area (Å²) >= 11 is 0. The van der Waals surface area contributed by atoms with Crippen LogP contribution in [0.15, 0.2) is 59.1 Å². The van der Waals surface area contributed by atoms with Crippen LogP contribution in [0.4, 0.5) is 10.5 Å². The first kappa shape index (κ1) is 30.0. The van der Waals surface area contributed by atoms with Crippen LogP contribution in [0.3, 0.4) is 0 Å². The number of nitrogens with one attached hydrogen (secondary N) is 1. The van der Waals surface area contributed by atoms with E-state index in [4.69, 9.17) is 15.2 Å². The van der Waals surface area contributed by atoms with Gasteiger partial charge >= 0.3 is 12.1 Å². The highest BCUT2D eigenvalue weighted by Crippen LogP contribution is 2.42. The van der Waals surface area contributed by atoms with Gasteiger partial charge in [0.1, 0.15) is 17.5 Å². The molecule has 1 aliphatic heterocycles. The van der Waals surface area contributed by atoms with E-state index in [-0.39, 0.29) is 30.1 Å². The van der Waals surface area contributed by atoms with E-state index in [0.29, 0.717) is 35.5 Å². The van der Waals surface area contributed by atoms with Crippen molar-refractivity contribution in [3.8, 4) is 0 Å². The van der Waals surface area contributed by atoms with Gasteiger partial charge in [-0.1, -0.05) is 50.2 Å². The summed E-state index contributed by atoms with van der Waals surface area (Å²) in [6, 6.07) is 14.5. The molecule has 0 radical (unpaired) electrons. The fourth-order valence-corrected chi connectivity index (χ4v) is 4.92. The normalized spacial score (nSPS) is 19.6. The zero-order valence-corrected chi connectivity index (χ0v) is 24.5. The van der Waals surface area contributed by atoms with E-state index in [9.17, 15) is 14.4 Å². The van der Waals surface area contributed by atoms with E-state index in [0.717, 1.165) is 18.4 Å². The Balaban J connectivity index is 1.61. The van der Waals surface area contributed by atoms with E-state index in [1.807, 2.05) is 49.1 Å². The number of rotatable bonds is 8. The molecule has 1 fully saturated rings. The second-order valence-electron chi connectivity index (χ2n) is 11.5. The number of hydrogen-bond donors (Lipinski definition) is 2. The van der Waals surface area contributed by atoms with Gasteiger partial charge in [0, 0.05) is 36.6 Å². The number of nitrogens with zero attached hydrogens (tertiary/aromatic N) is 2. The van der Waals surface area contributed by atoms with Gasteiger partial charge in [-0.3, -0.25) is 10.1 Å². The molecule has 0 bridgehead atoms. The van der Waals surface area contributed by atoms with Crippen LogP contribution in [0, 0.1) is 0 Å². The number of amidine groups is 1. The molecule has 3 N–H and O–H groups in total. The van der Waals surface area contributed by atoms with Gasteiger partial charge in [-0.15, -0.1) is 0 Å². The molecule has 4 rings (SSSR count). The maximum atomic E-state index is 13.6. The number of nitrogens with two attached hydrogens (primary N) is 1. The molecule has 9 nitrogen and oxygen atoms in total. The van der Waals surface area contributed by atoms with E-state index in [1.165, 1.54) is 0 Å². The first-order chi connectivity index (χ1) is 19.5. The van der Waals surface area contributed by atoms with Crippen molar-refractivity contribution in [2.45, 2.75) is 77.5 Å². The smallest absolute Gasteiger partial charge is 0.413 e. The molecule has 1 saturated carbocycles. The van der Waals surface area contributed by atoms with Crippen LogP contribution < -0.4 is 11.1 Å². The maximum Gasteiger partial charge on any atom is 0.413 e. The molecule has 0 aromatic heterocycles. The molecule has 2 aromatic rings. The van der Waals surface area contributed by atoms with Crippen molar-refractivity contribution in [2.75, 3.05) is 13.1 Å². The fourth-order valence-electron chi connectivity index (χ4n) is 4.92. The minimum atomic E-state index is -0.709. The SMILES string of the molecule is CCCN(CCC)C(=O)C1=Cc2ccc(C(=O)OC3[C@@H](N)[C@@H]3c3ccccc3)cc2N=C(NC(=O)OC(C)(C)C)C1. The Morgan fingerprint density at radius 3 is 2.37 bits per heavy atom. The monoisotopic (exact) mass is 560 g/mol. The van der Waals surface area contributed by atoms with Crippen molar-refractivity contribution in [3.05, 3.63) is 70.8 Å². The summed E-state index contributed by atoms with van der Waals surface area (Å²) in [6.07, 6.45) is 2.45. The number of carbonyl (C=O) groups is 3. The number of fused-ring (bicyclic) bond motifs is 1. The number of aliphatic imine (C=N–C) groups is 1. The summed E-state index contributed by atoms with van der Waals surface area (Å²) in [7, 11) is 0. The summed E-state index contributed by atoms with van der Waals surface area (Å²) in [6.45, 7) is 10.6. The van der Waals surface area contributed by atoms with Crippen molar-refractivity contribution in [3.63, 3.8) is 0 Å². The molecule has 1 aliphatic carbocycles. The summed E-state index contributed by atoms with van der Waals surface area (Å²) < 4.78 is 11.2. The molecule has 41 heavy (non-hydrogen) atoms. The topological polar surface area (TPSA) is 123 Å². The lowest BCUT2D eigenvalue weighted by Crippen LogP contribution is -2.38. The van der Waals surface area contributed by atoms with Gasteiger partial charge in [0.05, 0.1) is 17.3 Å². The molecule has 0 spiro atoms. The Morgan fingerprint density at radius 2 is 1.73 bits per heavy atom. The predicted molar refractivity (Wildman–Crippen MR) is 159 cm³/mol. The number of alkyl carbamates (subject to hydrolysis) is 1. The number of ether oxygens (including phenoxy) is 2. The fraction of sp³-hybridized carbons (Fsp3) is 0.438. The average molecular weight is 561 g/mol. The van der Waals surface area contributed by atoms with Gasteiger partial charge in [0.25, 0.3) is 0 Å². The maximum absolute atomic E-state index is 13.6. The summed E-state index contributed by atoms with van der Waals surface area (Å²) in [5.74, 6) is -0.415. The van der Waals surface area contributed by atoms with E-state index < -0.39 is 23.8 Å². The largest absolute Gasteiger partial charge is 0.456 e. The minimum Gasteiger partial charge on any atom is -0.456 e. The van der Waals surface area contributed by atoms with Gasteiger partial charge < -0.3 is 20.1 Å². The molecule has 9 heteroatoms. The standard InChI is InChI=1S/C32H40N4O5/c1-6-15-36(16-7-2)29(37)23-17-21-13-14-22(18-24(21)34-25(19-23)35-31(39)41-32(3,4)5)30(38)40-28-26(27(28)33)20-11-9-8-10-12-20/h8-14,17-18,26-28H,6-7,15-16,19,33H2,1-5H3,(H,34,35,39)/t26-,27-,28?/m0/s1. The summed E-state index contributed by atoms with van der Waals surface area (Å²) in [5, 5.41) is 2.71. The number of esters is 1. The van der Waals surface area contributed by atoms with Gasteiger partial charge in [-0.2, -0.15) is 0 Å².